The number of thioether (sulfide) groups is 2. The average molecular weight is 2310 g/mol. The third-order valence-corrected chi connectivity index (χ3v) is 44.9. The standard InChI is InChI=1S/C49H75N7O9S2.C41H61BrN6O9S2.C8H14N.3C4H9.Sn/c1-33(17-20-56(6)7)15-16-35(3)26-39-29-45-53-40(31-67-45)36(4)27-38(28-47(60)64-37(5)25-34(2)11-10-14-46(59)65-39)52-30-44(58)51-19-22-63-24-23-62-21-18-50-43(57)13-9-8-12-42-48-41(32-66-42)54-49(61)55-48;1-26-8-7-11-38(51)57-31(20-28(3)42)22-37-46-32(24-59-37)27(2)19-30(21-39(52)56-29(4)18-26)45-23-36(50)44-13-15-55-17-16-54-14-12-43-35(49)10-6-5-9-34-40-33(25-58-34)47-41(53)48-40;1-5-8(2)6-7-9(3)4;3*1-3-4-2;/h10-11,14-17,26,31,36-39,41-42,48,52H,8-9,12-13,18-25,27-30,32H2,1-7H3,(H,50,57)(H,51,58)(H2,54,55,61);7-8,11,20,24,27,29-31,33-34,40,45H,5-6,9-10,12-19,21-23,25H2,1-4H3,(H,43,49)(H,44,50)(H2,47,48,53);1,5-6H,7H2,2-4H3;3*1,3-4H2,2H3;/b14-10-,16-15+,33-17+,34-11+,35-26+;11-7-,26-8+,28-20+;5-1?,8-6+;;;;/t36-,37-,38?,39?,41?,42?,48?;27-,29-,30?,31?,33?,34-,40?;;;;;/m00...../s1. The molecule has 10 N–H and O–H groups in total. The molecule has 38 heteroatoms. The fraction of sp³-hybridized carbons (Fsp3) is 0.673. The van der Waals surface area contributed by atoms with E-state index in [2.05, 4.69) is 156 Å². The van der Waals surface area contributed by atoms with E-state index in [4.69, 9.17) is 47.9 Å². The average Bonchev–Trinajstić information content (AvgIpc) is 1.66. The number of likely N-dealkylation sites (N-methyl/N-ethyl adjacent to an activating group) is 2. The van der Waals surface area contributed by atoms with Gasteiger partial charge < -0.3 is 96.0 Å². The summed E-state index contributed by atoms with van der Waals surface area (Å²) in [5, 5.41) is 36.4. The van der Waals surface area contributed by atoms with Gasteiger partial charge in [-0.1, -0.05) is 107 Å². The number of urea groups is 2. The second kappa shape index (κ2) is 74.6. The Morgan fingerprint density at radius 1 is 0.486 bits per heavy atom. The van der Waals surface area contributed by atoms with Gasteiger partial charge in [0.1, 0.15) is 24.4 Å². The molecule has 9 unspecified atom stereocenters. The third kappa shape index (κ3) is 57.0. The predicted molar refractivity (Wildman–Crippen MR) is 604 cm³/mol. The van der Waals surface area contributed by atoms with Crippen LogP contribution in [0.4, 0.5) is 9.59 Å². The molecule has 4 fully saturated rings. The van der Waals surface area contributed by atoms with Crippen LogP contribution in [0.2, 0.25) is 13.3 Å². The molecule has 6 aliphatic rings. The number of halogens is 1. The quantitative estimate of drug-likeness (QED) is 0.00734. The summed E-state index contributed by atoms with van der Waals surface area (Å²) in [7, 11) is 8.33. The van der Waals surface area contributed by atoms with Gasteiger partial charge in [0.2, 0.25) is 23.6 Å². The first-order valence-electron chi connectivity index (χ1n) is 53.6. The van der Waals surface area contributed by atoms with Gasteiger partial charge in [0.15, 0.2) is 0 Å². The molecule has 0 radical (unpaired) electrons. The topological polar surface area (TPSA) is 397 Å². The molecule has 14 atom stereocenters. The first-order chi connectivity index (χ1) is 71.0. The van der Waals surface area contributed by atoms with E-state index < -0.39 is 48.6 Å². The van der Waals surface area contributed by atoms with Gasteiger partial charge in [-0.05, 0) is 118 Å². The molecular weight excluding hydrogens is 2130 g/mol. The van der Waals surface area contributed by atoms with Crippen LogP contribution in [0.5, 0.6) is 0 Å². The number of hydrogen-bond donors (Lipinski definition) is 10. The van der Waals surface area contributed by atoms with E-state index in [-0.39, 0.29) is 128 Å². The third-order valence-electron chi connectivity index (χ3n) is 25.7. The van der Waals surface area contributed by atoms with Crippen LogP contribution >= 0.6 is 62.1 Å². The van der Waals surface area contributed by atoms with Crippen LogP contribution in [0.15, 0.2) is 126 Å². The van der Waals surface area contributed by atoms with Crippen molar-refractivity contribution in [3.05, 3.63) is 148 Å². The number of esters is 4. The van der Waals surface area contributed by atoms with Crippen LogP contribution in [0.25, 0.3) is 0 Å². The van der Waals surface area contributed by atoms with Crippen LogP contribution in [-0.2, 0) is 89.1 Å². The maximum atomic E-state index is 13.2. The van der Waals surface area contributed by atoms with E-state index in [0.717, 1.165) is 111 Å². The number of ether oxygens (including phenoxy) is 8. The van der Waals surface area contributed by atoms with Crippen molar-refractivity contribution < 1.29 is 85.8 Å². The molecule has 6 aliphatic heterocycles. The second-order valence-corrected chi connectivity index (χ2v) is 59.0. The molecule has 148 heavy (non-hydrogen) atoms. The van der Waals surface area contributed by atoms with Gasteiger partial charge in [-0.3, -0.25) is 28.8 Å². The Hall–Kier alpha value is -7.38. The molecule has 8 amide bonds. The molecule has 0 spiro atoms. The number of nitrogens with one attached hydrogen (secondary N) is 10. The van der Waals surface area contributed by atoms with Gasteiger partial charge in [-0.2, -0.15) is 23.5 Å². The van der Waals surface area contributed by atoms with E-state index in [1.165, 1.54) is 78.9 Å². The Bertz CT molecular complexity index is 4650. The summed E-state index contributed by atoms with van der Waals surface area (Å²) in [5.41, 5.74) is 7.13. The molecule has 0 aromatic carbocycles. The number of rotatable bonds is 53. The number of hydrogen-bond acceptors (Lipinski definition) is 28. The van der Waals surface area contributed by atoms with Crippen LogP contribution in [0.3, 0.4) is 0 Å². The molecule has 8 rings (SSSR count). The van der Waals surface area contributed by atoms with Gasteiger partial charge >= 0.3 is 181 Å². The number of fused-ring (bicyclic) bond motifs is 6. The Balaban J connectivity index is 0.000000378. The van der Waals surface area contributed by atoms with Crippen molar-refractivity contribution in [2.45, 2.75) is 328 Å². The van der Waals surface area contributed by atoms with E-state index >= 15 is 0 Å². The van der Waals surface area contributed by atoms with E-state index in [9.17, 15) is 47.9 Å². The van der Waals surface area contributed by atoms with Gasteiger partial charge in [-0.25, -0.2) is 29.1 Å². The molecule has 0 saturated carbocycles. The van der Waals surface area contributed by atoms with Crippen molar-refractivity contribution in [2.75, 3.05) is 145 Å². The van der Waals surface area contributed by atoms with E-state index in [1.807, 2.05) is 128 Å². The SMILES string of the molecule is C/C(Br)=C\C1Cc2nc(cs2)[C@@H](C)CC(NCC(=O)NCCOCCOCCNC(=O)CCCC[C@@H]2SCC3NC(=O)NC32)CC(=O)O[C@@H](C)C/C(C)=C/C=C\C(=O)O1.CC(/C=C/C(C)=C/C1Cc2nc(cs2)[C@@H](C)CC(NCC(=O)NCCOCCOCCNC(=O)CCCCC2SCC3NC(=O)NC32)CC(=O)O[C@@H](C)C/C(C)=C/C=C\C(=O)O1)=C\CN(C)C.CCC[CH2][Sn](/[CH]=C/C(C)=C/CN(C)C)([CH2]CCC)[CH2]CCC. The van der Waals surface area contributed by atoms with Crippen LogP contribution in [0, 0.1) is 0 Å². The van der Waals surface area contributed by atoms with Crippen molar-refractivity contribution >= 4 is 140 Å². The monoisotopic (exact) mass is 2310 g/mol. The first-order valence-corrected chi connectivity index (χ1v) is 65.9. The maximum absolute atomic E-state index is 13.2. The van der Waals surface area contributed by atoms with Gasteiger partial charge in [0.05, 0.1) is 124 Å². The number of thiazole rings is 2. The van der Waals surface area contributed by atoms with Gasteiger partial charge in [0, 0.05) is 140 Å². The molecule has 2 aromatic rings. The van der Waals surface area contributed by atoms with Crippen molar-refractivity contribution in [2.24, 2.45) is 0 Å². The predicted octanol–water partition coefficient (Wildman–Crippen LogP) is 16.3. The molecule has 8 heterocycles. The van der Waals surface area contributed by atoms with Crippen molar-refractivity contribution in [3.8, 4) is 0 Å². The first kappa shape index (κ1) is 129. The van der Waals surface area contributed by atoms with Crippen molar-refractivity contribution in [3.63, 3.8) is 0 Å². The molecule has 32 nitrogen and oxygen atoms in total. The molecule has 830 valence electrons. The van der Waals surface area contributed by atoms with Gasteiger partial charge in [0.25, 0.3) is 0 Å². The Kier molecular flexibility index (Phi) is 65.2. The number of allylic oxidation sites excluding steroid dienone is 11. The molecule has 4 saturated heterocycles. The zero-order valence-electron chi connectivity index (χ0n) is 91.4. The summed E-state index contributed by atoms with van der Waals surface area (Å²) in [5.74, 6) is -0.337. The number of aromatic nitrogens is 2. The second-order valence-electron chi connectivity index (χ2n) is 40.3. The minimum atomic E-state index is -2.06. The summed E-state index contributed by atoms with van der Waals surface area (Å²) in [6.07, 6.45) is 40.6. The number of carbonyl (C=O) groups excluding carboxylic acids is 10. The van der Waals surface area contributed by atoms with Crippen LogP contribution < -0.4 is 53.2 Å². The fourth-order valence-corrected chi connectivity index (χ4v) is 37.4. The molecule has 0 aliphatic carbocycles. The summed E-state index contributed by atoms with van der Waals surface area (Å²) in [4.78, 5) is 139. The Morgan fingerprint density at radius 3 is 1.26 bits per heavy atom. The van der Waals surface area contributed by atoms with Gasteiger partial charge in [-0.15, -0.1) is 22.7 Å². The molecule has 2 aromatic heterocycles. The number of unbranched alkanes of at least 4 members (excludes halogenated alkanes) is 5. The Morgan fingerprint density at radius 2 is 0.872 bits per heavy atom. The summed E-state index contributed by atoms with van der Waals surface area (Å²) in [6, 6.07) is -0.0482. The van der Waals surface area contributed by atoms with Crippen molar-refractivity contribution in [1.82, 2.24) is 72.9 Å². The number of amides is 8. The van der Waals surface area contributed by atoms with Crippen LogP contribution in [0.1, 0.15) is 252 Å². The normalized spacial score (nSPS) is 24.5. The summed E-state index contributed by atoms with van der Waals surface area (Å²) in [6.45, 7) is 32.9. The van der Waals surface area contributed by atoms with Crippen LogP contribution in [-0.4, -0.2) is 314 Å². The molecular formula is C110H177BrN14O18S4Sn. The minimum absolute atomic E-state index is 0.00152. The molecule has 4 bridgehead atoms. The number of carbonyl (C=O) groups is 10. The summed E-state index contributed by atoms with van der Waals surface area (Å²) < 4.78 is 53.9. The number of nitrogens with zero attached hydrogens (tertiary/aromatic N) is 4. The Labute approximate surface area is 912 Å². The zero-order chi connectivity index (χ0) is 108. The van der Waals surface area contributed by atoms with Crippen molar-refractivity contribution in [1.29, 1.82) is 0 Å². The summed E-state index contributed by atoms with van der Waals surface area (Å²) >= 11 is 8.15. The van der Waals surface area contributed by atoms with E-state index in [0.29, 0.717) is 141 Å². The fourth-order valence-electron chi connectivity index (χ4n) is 17.7. The van der Waals surface area contributed by atoms with E-state index in [1.54, 1.807) is 31.5 Å². The zero-order valence-corrected chi connectivity index (χ0v) is 99.1. The number of cyclic esters (lactones) is 4.